The molecule has 0 unspecified atom stereocenters. The molecule has 0 aromatic carbocycles. The summed E-state index contributed by atoms with van der Waals surface area (Å²) in [4.78, 5) is 9.92. The lowest BCUT2D eigenvalue weighted by Crippen LogP contribution is -2.33. The summed E-state index contributed by atoms with van der Waals surface area (Å²) in [6.45, 7) is 7.80. The highest BCUT2D eigenvalue weighted by atomic mass is 32.1. The molecular formula is C11H20N4S. The Morgan fingerprint density at radius 1 is 1.50 bits per heavy atom. The van der Waals surface area contributed by atoms with Crippen LogP contribution in [0.1, 0.15) is 28.9 Å². The van der Waals surface area contributed by atoms with Gasteiger partial charge in [0.2, 0.25) is 0 Å². The van der Waals surface area contributed by atoms with Gasteiger partial charge >= 0.3 is 0 Å². The number of aryl methyl sites for hydroxylation is 2. The van der Waals surface area contributed by atoms with E-state index in [2.05, 4.69) is 29.1 Å². The van der Waals surface area contributed by atoms with E-state index in [0.29, 0.717) is 5.96 Å². The van der Waals surface area contributed by atoms with Crippen LogP contribution in [-0.2, 0) is 6.42 Å². The molecule has 0 aliphatic carbocycles. The van der Waals surface area contributed by atoms with Crippen molar-refractivity contribution < 1.29 is 0 Å². The number of nitrogens with two attached hydrogens (primary N) is 1. The highest BCUT2D eigenvalue weighted by Crippen LogP contribution is 2.16. The Labute approximate surface area is 101 Å². The highest BCUT2D eigenvalue weighted by molar-refractivity contribution is 7.11. The first kappa shape index (κ1) is 13.0. The number of aromatic nitrogens is 1. The third-order valence-electron chi connectivity index (χ3n) is 2.22. The maximum atomic E-state index is 5.68. The third kappa shape index (κ3) is 4.18. The number of hydrogen-bond acceptors (Lipinski definition) is 3. The summed E-state index contributed by atoms with van der Waals surface area (Å²) < 4.78 is 0. The van der Waals surface area contributed by atoms with E-state index in [1.165, 1.54) is 4.88 Å². The second-order valence-corrected chi connectivity index (χ2v) is 4.98. The molecule has 1 rings (SSSR count). The van der Waals surface area contributed by atoms with Crippen molar-refractivity contribution in [3.05, 3.63) is 15.6 Å². The largest absolute Gasteiger partial charge is 0.370 e. The van der Waals surface area contributed by atoms with Crippen molar-refractivity contribution in [2.75, 3.05) is 13.1 Å². The minimum Gasteiger partial charge on any atom is -0.370 e. The van der Waals surface area contributed by atoms with E-state index < -0.39 is 0 Å². The molecule has 0 saturated heterocycles. The minimum atomic E-state index is 0.534. The van der Waals surface area contributed by atoms with E-state index in [1.807, 2.05) is 6.92 Å². The van der Waals surface area contributed by atoms with Crippen LogP contribution >= 0.6 is 11.3 Å². The lowest BCUT2D eigenvalue weighted by atomic mass is 10.4. The molecular weight excluding hydrogens is 220 g/mol. The molecule has 0 amide bonds. The molecule has 0 spiro atoms. The molecule has 0 bridgehead atoms. The molecule has 90 valence electrons. The van der Waals surface area contributed by atoms with E-state index in [0.717, 1.165) is 36.6 Å². The van der Waals surface area contributed by atoms with Crippen LogP contribution in [-0.4, -0.2) is 24.0 Å². The Morgan fingerprint density at radius 3 is 2.81 bits per heavy atom. The van der Waals surface area contributed by atoms with Gasteiger partial charge in [-0.25, -0.2) is 4.98 Å². The SMILES string of the molecule is CCCN=C(N)NCCc1nc(C)c(C)s1. The first-order valence-corrected chi connectivity index (χ1v) is 6.41. The summed E-state index contributed by atoms with van der Waals surface area (Å²) in [6, 6.07) is 0. The Kier molecular flexibility index (Phi) is 5.25. The molecule has 0 radical (unpaired) electrons. The van der Waals surface area contributed by atoms with Gasteiger partial charge < -0.3 is 11.1 Å². The van der Waals surface area contributed by atoms with E-state index in [1.54, 1.807) is 11.3 Å². The highest BCUT2D eigenvalue weighted by Gasteiger charge is 2.02. The normalized spacial score (nSPS) is 11.8. The van der Waals surface area contributed by atoms with Crippen LogP contribution in [0.5, 0.6) is 0 Å². The number of nitrogens with one attached hydrogen (secondary N) is 1. The number of aliphatic imine (C=N–C) groups is 1. The number of thiazole rings is 1. The van der Waals surface area contributed by atoms with Crippen LogP contribution in [0.15, 0.2) is 4.99 Å². The van der Waals surface area contributed by atoms with Crippen LogP contribution in [0.3, 0.4) is 0 Å². The van der Waals surface area contributed by atoms with Gasteiger partial charge in [-0.1, -0.05) is 6.92 Å². The summed E-state index contributed by atoms with van der Waals surface area (Å²) in [5.74, 6) is 0.534. The van der Waals surface area contributed by atoms with E-state index in [4.69, 9.17) is 5.73 Å². The van der Waals surface area contributed by atoms with Crippen LogP contribution in [0.2, 0.25) is 0 Å². The van der Waals surface area contributed by atoms with Gasteiger partial charge in [0.15, 0.2) is 5.96 Å². The van der Waals surface area contributed by atoms with Crippen LogP contribution in [0.25, 0.3) is 0 Å². The van der Waals surface area contributed by atoms with Crippen molar-refractivity contribution >= 4 is 17.3 Å². The second kappa shape index (κ2) is 6.48. The van der Waals surface area contributed by atoms with E-state index in [9.17, 15) is 0 Å². The number of rotatable bonds is 5. The van der Waals surface area contributed by atoms with Gasteiger partial charge in [-0.3, -0.25) is 4.99 Å². The number of nitrogens with zero attached hydrogens (tertiary/aromatic N) is 2. The van der Waals surface area contributed by atoms with Crippen molar-refractivity contribution in [1.29, 1.82) is 0 Å². The van der Waals surface area contributed by atoms with Crippen molar-refractivity contribution in [2.45, 2.75) is 33.6 Å². The lowest BCUT2D eigenvalue weighted by molar-refractivity contribution is 0.832. The zero-order chi connectivity index (χ0) is 12.0. The zero-order valence-electron chi connectivity index (χ0n) is 10.2. The average Bonchev–Trinajstić information content (AvgIpc) is 2.55. The number of guanidine groups is 1. The van der Waals surface area contributed by atoms with Crippen molar-refractivity contribution in [3.8, 4) is 0 Å². The topological polar surface area (TPSA) is 63.3 Å². The zero-order valence-corrected chi connectivity index (χ0v) is 11.0. The summed E-state index contributed by atoms with van der Waals surface area (Å²) >= 11 is 1.75. The molecule has 1 heterocycles. The molecule has 4 nitrogen and oxygen atoms in total. The van der Waals surface area contributed by atoms with E-state index >= 15 is 0 Å². The standard InChI is InChI=1S/C11H20N4S/c1-4-6-13-11(12)14-7-5-10-15-8(2)9(3)16-10/h4-7H2,1-3H3,(H3,12,13,14). The monoisotopic (exact) mass is 240 g/mol. The van der Waals surface area contributed by atoms with Gasteiger partial charge in [0, 0.05) is 24.4 Å². The Bertz CT molecular complexity index is 337. The molecule has 5 heteroatoms. The van der Waals surface area contributed by atoms with Crippen molar-refractivity contribution in [3.63, 3.8) is 0 Å². The fraction of sp³-hybridized carbons (Fsp3) is 0.636. The van der Waals surface area contributed by atoms with Gasteiger partial charge in [-0.15, -0.1) is 11.3 Å². The Balaban J connectivity index is 2.30. The summed E-state index contributed by atoms with van der Waals surface area (Å²) in [5, 5.41) is 4.25. The quantitative estimate of drug-likeness (QED) is 0.607. The predicted octanol–water partition coefficient (Wildman–Crippen LogP) is 1.62. The molecule has 1 aromatic heterocycles. The molecule has 0 atom stereocenters. The van der Waals surface area contributed by atoms with E-state index in [-0.39, 0.29) is 0 Å². The molecule has 16 heavy (non-hydrogen) atoms. The number of hydrogen-bond donors (Lipinski definition) is 2. The molecule has 3 N–H and O–H groups in total. The van der Waals surface area contributed by atoms with Crippen LogP contribution in [0.4, 0.5) is 0 Å². The van der Waals surface area contributed by atoms with Crippen molar-refractivity contribution in [1.82, 2.24) is 10.3 Å². The predicted molar refractivity (Wildman–Crippen MR) is 70.1 cm³/mol. The van der Waals surface area contributed by atoms with Gasteiger partial charge in [-0.05, 0) is 20.3 Å². The molecule has 0 saturated carbocycles. The third-order valence-corrected chi connectivity index (χ3v) is 3.36. The minimum absolute atomic E-state index is 0.534. The lowest BCUT2D eigenvalue weighted by Gasteiger charge is -2.03. The smallest absolute Gasteiger partial charge is 0.188 e. The molecule has 1 aromatic rings. The summed E-state index contributed by atoms with van der Waals surface area (Å²) in [5.41, 5.74) is 6.81. The van der Waals surface area contributed by atoms with Crippen LogP contribution < -0.4 is 11.1 Å². The Morgan fingerprint density at radius 2 is 2.25 bits per heavy atom. The van der Waals surface area contributed by atoms with Gasteiger partial charge in [0.05, 0.1) is 10.7 Å². The molecule has 0 aliphatic rings. The second-order valence-electron chi connectivity index (χ2n) is 3.69. The van der Waals surface area contributed by atoms with Gasteiger partial charge in [-0.2, -0.15) is 0 Å². The fourth-order valence-corrected chi connectivity index (χ4v) is 2.17. The maximum absolute atomic E-state index is 5.68. The Hall–Kier alpha value is -1.10. The summed E-state index contributed by atoms with van der Waals surface area (Å²) in [7, 11) is 0. The summed E-state index contributed by atoms with van der Waals surface area (Å²) in [6.07, 6.45) is 1.93. The average molecular weight is 240 g/mol. The van der Waals surface area contributed by atoms with Gasteiger partial charge in [0.1, 0.15) is 0 Å². The fourth-order valence-electron chi connectivity index (χ4n) is 1.23. The first-order valence-electron chi connectivity index (χ1n) is 5.60. The van der Waals surface area contributed by atoms with Crippen molar-refractivity contribution in [2.24, 2.45) is 10.7 Å². The first-order chi connectivity index (χ1) is 7.63. The molecule has 0 aliphatic heterocycles. The molecule has 0 fully saturated rings. The van der Waals surface area contributed by atoms with Gasteiger partial charge in [0.25, 0.3) is 0 Å². The maximum Gasteiger partial charge on any atom is 0.188 e. The van der Waals surface area contributed by atoms with Crippen LogP contribution in [0, 0.1) is 13.8 Å².